The van der Waals surface area contributed by atoms with E-state index in [0.717, 1.165) is 16.9 Å². The van der Waals surface area contributed by atoms with Gasteiger partial charge in [-0.2, -0.15) is 0 Å². The highest BCUT2D eigenvalue weighted by Gasteiger charge is 2.33. The van der Waals surface area contributed by atoms with Gasteiger partial charge in [-0.1, -0.05) is 23.7 Å². The zero-order valence-corrected chi connectivity index (χ0v) is 15.0. The molecule has 1 aromatic heterocycles. The molecule has 0 radical (unpaired) electrons. The lowest BCUT2D eigenvalue weighted by Crippen LogP contribution is -2.26. The van der Waals surface area contributed by atoms with Gasteiger partial charge in [-0.25, -0.2) is 0 Å². The second-order valence-electron chi connectivity index (χ2n) is 6.27. The first-order chi connectivity index (χ1) is 12.6. The summed E-state index contributed by atoms with van der Waals surface area (Å²) in [6.45, 7) is 2.60. The molecule has 4 rings (SSSR count). The number of nitrogens with zero attached hydrogens (tertiary/aromatic N) is 3. The molecule has 0 amide bonds. The SMILES string of the molecule is C[C@@H]1OCN(c2ccc(Cl)cc2)[C@@H]1c1ccc(-n2ccncc2=O)cc1. The smallest absolute Gasteiger partial charge is 0.273 e. The number of hydrogen-bond donors (Lipinski definition) is 0. The van der Waals surface area contributed by atoms with Gasteiger partial charge < -0.3 is 9.64 Å². The third kappa shape index (κ3) is 3.11. The minimum Gasteiger partial charge on any atom is -0.356 e. The molecule has 26 heavy (non-hydrogen) atoms. The van der Waals surface area contributed by atoms with Crippen molar-refractivity contribution >= 4 is 17.3 Å². The maximum atomic E-state index is 11.9. The molecule has 1 aliphatic heterocycles. The van der Waals surface area contributed by atoms with E-state index in [2.05, 4.69) is 16.8 Å². The third-order valence-electron chi connectivity index (χ3n) is 4.65. The van der Waals surface area contributed by atoms with Crippen LogP contribution in [-0.2, 0) is 4.74 Å². The Morgan fingerprint density at radius 1 is 1.08 bits per heavy atom. The van der Waals surface area contributed by atoms with Gasteiger partial charge in [-0.15, -0.1) is 0 Å². The van der Waals surface area contributed by atoms with Gasteiger partial charge in [0, 0.05) is 28.8 Å². The second kappa shape index (κ2) is 6.94. The van der Waals surface area contributed by atoms with E-state index in [9.17, 15) is 4.79 Å². The van der Waals surface area contributed by atoms with E-state index in [0.29, 0.717) is 11.8 Å². The van der Waals surface area contributed by atoms with Crippen molar-refractivity contribution in [1.29, 1.82) is 0 Å². The number of rotatable bonds is 3. The highest BCUT2D eigenvalue weighted by Crippen LogP contribution is 2.36. The number of hydrogen-bond acceptors (Lipinski definition) is 4. The lowest BCUT2D eigenvalue weighted by molar-refractivity contribution is 0.118. The Labute approximate surface area is 156 Å². The Balaban J connectivity index is 1.66. The molecule has 5 nitrogen and oxygen atoms in total. The van der Waals surface area contributed by atoms with Crippen molar-refractivity contribution in [3.63, 3.8) is 0 Å². The molecule has 1 saturated heterocycles. The summed E-state index contributed by atoms with van der Waals surface area (Å²) in [6, 6.07) is 15.8. The van der Waals surface area contributed by atoms with Crippen LogP contribution in [0.3, 0.4) is 0 Å². The molecule has 0 unspecified atom stereocenters. The Morgan fingerprint density at radius 2 is 1.77 bits per heavy atom. The maximum Gasteiger partial charge on any atom is 0.273 e. The van der Waals surface area contributed by atoms with Crippen LogP contribution in [0.15, 0.2) is 71.9 Å². The van der Waals surface area contributed by atoms with Crippen LogP contribution in [0.4, 0.5) is 5.69 Å². The molecule has 3 aromatic rings. The summed E-state index contributed by atoms with van der Waals surface area (Å²) in [7, 11) is 0. The summed E-state index contributed by atoms with van der Waals surface area (Å²) >= 11 is 6.01. The fourth-order valence-electron chi connectivity index (χ4n) is 3.33. The second-order valence-corrected chi connectivity index (χ2v) is 6.70. The van der Waals surface area contributed by atoms with Crippen molar-refractivity contribution in [3.8, 4) is 5.69 Å². The van der Waals surface area contributed by atoms with Gasteiger partial charge >= 0.3 is 0 Å². The number of aromatic nitrogens is 2. The number of benzene rings is 2. The van der Waals surface area contributed by atoms with Gasteiger partial charge in [0.25, 0.3) is 5.56 Å². The molecule has 0 aliphatic carbocycles. The fourth-order valence-corrected chi connectivity index (χ4v) is 3.46. The minimum atomic E-state index is -0.152. The average Bonchev–Trinajstić information content (AvgIpc) is 3.04. The first-order valence-electron chi connectivity index (χ1n) is 8.40. The third-order valence-corrected chi connectivity index (χ3v) is 4.90. The van der Waals surface area contributed by atoms with Gasteiger partial charge in [-0.3, -0.25) is 14.3 Å². The van der Waals surface area contributed by atoms with Gasteiger partial charge in [0.15, 0.2) is 0 Å². The Bertz CT molecular complexity index is 954. The van der Waals surface area contributed by atoms with Crippen LogP contribution in [0.2, 0.25) is 5.02 Å². The number of anilines is 1. The molecule has 1 fully saturated rings. The van der Waals surface area contributed by atoms with Crippen LogP contribution in [0.1, 0.15) is 18.5 Å². The van der Waals surface area contributed by atoms with E-state index in [4.69, 9.17) is 16.3 Å². The fraction of sp³-hybridized carbons (Fsp3) is 0.200. The first-order valence-corrected chi connectivity index (χ1v) is 8.78. The molecule has 0 spiro atoms. The summed E-state index contributed by atoms with van der Waals surface area (Å²) in [5.41, 5.74) is 2.86. The zero-order chi connectivity index (χ0) is 18.1. The molecule has 0 saturated carbocycles. The topological polar surface area (TPSA) is 47.4 Å². The van der Waals surface area contributed by atoms with Gasteiger partial charge in [0.05, 0.1) is 18.3 Å². The van der Waals surface area contributed by atoms with Crippen LogP contribution in [0, 0.1) is 0 Å². The van der Waals surface area contributed by atoms with E-state index < -0.39 is 0 Å². The molecule has 6 heteroatoms. The molecule has 1 aliphatic rings. The highest BCUT2D eigenvalue weighted by atomic mass is 35.5. The molecule has 0 N–H and O–H groups in total. The van der Waals surface area contributed by atoms with Crippen LogP contribution in [0.25, 0.3) is 5.69 Å². The monoisotopic (exact) mass is 367 g/mol. The predicted molar refractivity (Wildman–Crippen MR) is 102 cm³/mol. The highest BCUT2D eigenvalue weighted by molar-refractivity contribution is 6.30. The van der Waals surface area contributed by atoms with Crippen LogP contribution in [0.5, 0.6) is 0 Å². The van der Waals surface area contributed by atoms with Gasteiger partial charge in [0.2, 0.25) is 0 Å². The van der Waals surface area contributed by atoms with Crippen molar-refractivity contribution < 1.29 is 4.74 Å². The summed E-state index contributed by atoms with van der Waals surface area (Å²) in [6.07, 6.45) is 4.63. The van der Waals surface area contributed by atoms with Crippen molar-refractivity contribution in [2.24, 2.45) is 0 Å². The number of halogens is 1. The minimum absolute atomic E-state index is 0.0557. The Morgan fingerprint density at radius 3 is 2.46 bits per heavy atom. The van der Waals surface area contributed by atoms with E-state index in [1.807, 2.05) is 48.5 Å². The van der Waals surface area contributed by atoms with E-state index in [1.54, 1.807) is 17.0 Å². The summed E-state index contributed by atoms with van der Waals surface area (Å²) in [5.74, 6) is 0. The zero-order valence-electron chi connectivity index (χ0n) is 14.2. The molecule has 2 heterocycles. The van der Waals surface area contributed by atoms with Crippen molar-refractivity contribution in [1.82, 2.24) is 9.55 Å². The summed E-state index contributed by atoms with van der Waals surface area (Å²) < 4.78 is 7.45. The van der Waals surface area contributed by atoms with Crippen molar-refractivity contribution in [3.05, 3.63) is 88.1 Å². The largest absolute Gasteiger partial charge is 0.356 e. The predicted octanol–water partition coefficient (Wildman–Crippen LogP) is 3.81. The van der Waals surface area contributed by atoms with Crippen LogP contribution < -0.4 is 10.5 Å². The van der Waals surface area contributed by atoms with Gasteiger partial charge in [0.1, 0.15) is 6.73 Å². The normalized spacial score (nSPS) is 19.7. The maximum absolute atomic E-state index is 11.9. The molecular weight excluding hydrogens is 350 g/mol. The quantitative estimate of drug-likeness (QED) is 0.706. The lowest BCUT2D eigenvalue weighted by atomic mass is 10.0. The Hall–Kier alpha value is -2.63. The van der Waals surface area contributed by atoms with Crippen LogP contribution >= 0.6 is 11.6 Å². The van der Waals surface area contributed by atoms with Crippen molar-refractivity contribution in [2.75, 3.05) is 11.6 Å². The van der Waals surface area contributed by atoms with E-state index in [1.165, 1.54) is 6.20 Å². The molecule has 0 bridgehead atoms. The molecule has 2 aromatic carbocycles. The standard InChI is InChI=1S/C20H18ClN3O2/c1-14-20(24(13-26-14)18-8-4-16(21)5-9-18)15-2-6-17(7-3-15)23-11-10-22-12-19(23)25/h2-12,14,20H,13H2,1H3/t14-,20-/m0/s1. The van der Waals surface area contributed by atoms with E-state index >= 15 is 0 Å². The number of ether oxygens (including phenoxy) is 1. The molecular formula is C20H18ClN3O2. The molecule has 2 atom stereocenters. The lowest BCUT2D eigenvalue weighted by Gasteiger charge is -2.27. The van der Waals surface area contributed by atoms with E-state index in [-0.39, 0.29) is 17.7 Å². The average molecular weight is 368 g/mol. The van der Waals surface area contributed by atoms with Crippen molar-refractivity contribution in [2.45, 2.75) is 19.1 Å². The van der Waals surface area contributed by atoms with Gasteiger partial charge in [-0.05, 0) is 48.9 Å². The summed E-state index contributed by atoms with van der Waals surface area (Å²) in [4.78, 5) is 18.0. The summed E-state index contributed by atoms with van der Waals surface area (Å²) in [5, 5.41) is 0.714. The van der Waals surface area contributed by atoms with Crippen LogP contribution in [-0.4, -0.2) is 22.4 Å². The Kier molecular flexibility index (Phi) is 4.49. The molecule has 132 valence electrons. The first kappa shape index (κ1) is 16.8.